The smallest absolute Gasteiger partial charge is 0.255 e. The zero-order valence-corrected chi connectivity index (χ0v) is 15.0. The number of ether oxygens (including phenoxy) is 1. The number of hydrogen-bond acceptors (Lipinski definition) is 5. The number of carbonyl (C=O) groups excluding carboxylic acids is 2. The molecule has 3 aromatic rings. The van der Waals surface area contributed by atoms with Crippen LogP contribution >= 0.6 is 0 Å². The molecule has 3 rings (SSSR count). The molecule has 142 valence electrons. The van der Waals surface area contributed by atoms with Gasteiger partial charge in [-0.2, -0.15) is 0 Å². The van der Waals surface area contributed by atoms with Gasteiger partial charge < -0.3 is 20.3 Å². The third-order valence-electron chi connectivity index (χ3n) is 3.75. The first-order valence-corrected chi connectivity index (χ1v) is 8.58. The van der Waals surface area contributed by atoms with Gasteiger partial charge >= 0.3 is 0 Å². The molecule has 0 radical (unpaired) electrons. The van der Waals surface area contributed by atoms with Gasteiger partial charge in [0.2, 0.25) is 5.91 Å². The van der Waals surface area contributed by atoms with E-state index in [1.807, 2.05) is 30.3 Å². The summed E-state index contributed by atoms with van der Waals surface area (Å²) in [5.41, 5.74) is 7.51. The Morgan fingerprint density at radius 3 is 2.57 bits per heavy atom. The number of amides is 2. The normalized spacial score (nSPS) is 10.7. The van der Waals surface area contributed by atoms with Crippen LogP contribution in [0.4, 0.5) is 0 Å². The molecule has 0 aliphatic carbocycles. The van der Waals surface area contributed by atoms with Crippen molar-refractivity contribution < 1.29 is 18.8 Å². The van der Waals surface area contributed by atoms with Crippen molar-refractivity contribution >= 4 is 17.9 Å². The first kappa shape index (κ1) is 18.9. The molecule has 2 amide bonds. The lowest BCUT2D eigenvalue weighted by Crippen LogP contribution is -2.20. The fraction of sp³-hybridized carbons (Fsp3) is 0.0952. The second kappa shape index (κ2) is 9.18. The zero-order chi connectivity index (χ0) is 19.8. The van der Waals surface area contributed by atoms with E-state index >= 15 is 0 Å². The summed E-state index contributed by atoms with van der Waals surface area (Å²) in [5.74, 6) is 0.298. The van der Waals surface area contributed by atoms with Gasteiger partial charge in [0, 0.05) is 17.7 Å². The summed E-state index contributed by atoms with van der Waals surface area (Å²) in [4.78, 5) is 22.7. The van der Waals surface area contributed by atoms with Crippen LogP contribution in [0.5, 0.6) is 5.75 Å². The van der Waals surface area contributed by atoms with Crippen LogP contribution in [0.3, 0.4) is 0 Å². The average molecular weight is 377 g/mol. The molecule has 28 heavy (non-hydrogen) atoms. The topological polar surface area (TPSA) is 107 Å². The van der Waals surface area contributed by atoms with Crippen LogP contribution in [-0.2, 0) is 16.1 Å². The molecule has 1 aromatic heterocycles. The highest BCUT2D eigenvalue weighted by molar-refractivity contribution is 5.91. The Labute approximate surface area is 161 Å². The largest absolute Gasteiger partial charge is 0.484 e. The number of nitrogens with zero attached hydrogens (tertiary/aromatic N) is 1. The number of nitrogens with one attached hydrogen (secondary N) is 1. The molecule has 0 aliphatic heterocycles. The Morgan fingerprint density at radius 2 is 1.86 bits per heavy atom. The third kappa shape index (κ3) is 5.57. The Hall–Kier alpha value is -3.87. The molecule has 0 spiro atoms. The molecule has 0 saturated carbocycles. The van der Waals surface area contributed by atoms with Gasteiger partial charge in [0.15, 0.2) is 12.4 Å². The van der Waals surface area contributed by atoms with Crippen molar-refractivity contribution in [1.29, 1.82) is 0 Å². The molecule has 0 bridgehead atoms. The second-order valence-electron chi connectivity index (χ2n) is 5.92. The number of carbonyl (C=O) groups is 2. The quantitative estimate of drug-likeness (QED) is 0.587. The third-order valence-corrected chi connectivity index (χ3v) is 3.75. The maximum Gasteiger partial charge on any atom is 0.255 e. The summed E-state index contributed by atoms with van der Waals surface area (Å²) < 4.78 is 10.4. The highest BCUT2D eigenvalue weighted by Gasteiger charge is 2.07. The van der Waals surface area contributed by atoms with E-state index in [1.165, 1.54) is 6.08 Å². The van der Waals surface area contributed by atoms with Gasteiger partial charge in [-0.3, -0.25) is 9.59 Å². The minimum atomic E-state index is -0.539. The van der Waals surface area contributed by atoms with Crippen molar-refractivity contribution in [2.75, 3.05) is 6.61 Å². The molecule has 7 nitrogen and oxygen atoms in total. The van der Waals surface area contributed by atoms with Gasteiger partial charge in [-0.15, -0.1) is 0 Å². The molecule has 0 unspecified atom stereocenters. The molecular weight excluding hydrogens is 358 g/mol. The summed E-state index contributed by atoms with van der Waals surface area (Å²) in [5, 5.41) is 6.75. The van der Waals surface area contributed by atoms with Crippen molar-refractivity contribution in [1.82, 2.24) is 10.5 Å². The Bertz CT molecular complexity index is 963. The van der Waals surface area contributed by atoms with E-state index in [1.54, 1.807) is 36.4 Å². The van der Waals surface area contributed by atoms with Crippen LogP contribution in [0, 0.1) is 0 Å². The van der Waals surface area contributed by atoms with Crippen molar-refractivity contribution in [3.63, 3.8) is 0 Å². The first-order valence-electron chi connectivity index (χ1n) is 8.58. The van der Waals surface area contributed by atoms with E-state index in [2.05, 4.69) is 10.5 Å². The van der Waals surface area contributed by atoms with Crippen molar-refractivity contribution in [3.8, 4) is 17.0 Å². The van der Waals surface area contributed by atoms with Gasteiger partial charge in [-0.05, 0) is 23.8 Å². The van der Waals surface area contributed by atoms with Crippen LogP contribution in [0.1, 0.15) is 11.3 Å². The molecule has 0 fully saturated rings. The van der Waals surface area contributed by atoms with Crippen LogP contribution in [0.25, 0.3) is 17.3 Å². The monoisotopic (exact) mass is 377 g/mol. The van der Waals surface area contributed by atoms with Crippen LogP contribution in [-0.4, -0.2) is 23.6 Å². The highest BCUT2D eigenvalue weighted by atomic mass is 16.5. The van der Waals surface area contributed by atoms with E-state index in [0.29, 0.717) is 11.5 Å². The number of benzene rings is 2. The number of rotatable bonds is 8. The molecule has 0 aliphatic rings. The van der Waals surface area contributed by atoms with Crippen molar-refractivity contribution in [3.05, 3.63) is 78.1 Å². The second-order valence-corrected chi connectivity index (χ2v) is 5.92. The SMILES string of the molecule is NC(=O)COc1ccc(/C=C\C(=O)NCc2cc(-c3ccccc3)no2)cc1. The summed E-state index contributed by atoms with van der Waals surface area (Å²) in [6.07, 6.45) is 3.09. The fourth-order valence-electron chi connectivity index (χ4n) is 2.38. The Kier molecular flexibility index (Phi) is 6.20. The maximum atomic E-state index is 12.0. The van der Waals surface area contributed by atoms with Gasteiger partial charge in [0.1, 0.15) is 11.4 Å². The van der Waals surface area contributed by atoms with Gasteiger partial charge in [0.05, 0.1) is 6.54 Å². The predicted molar refractivity (Wildman–Crippen MR) is 104 cm³/mol. The number of aromatic nitrogens is 1. The molecule has 0 saturated heterocycles. The molecule has 2 aromatic carbocycles. The molecule has 3 N–H and O–H groups in total. The Morgan fingerprint density at radius 1 is 1.11 bits per heavy atom. The van der Waals surface area contributed by atoms with Gasteiger partial charge in [-0.25, -0.2) is 0 Å². The minimum Gasteiger partial charge on any atom is -0.484 e. The van der Waals surface area contributed by atoms with E-state index in [4.69, 9.17) is 15.0 Å². The number of hydrogen-bond donors (Lipinski definition) is 2. The molecule has 1 heterocycles. The lowest BCUT2D eigenvalue weighted by Gasteiger charge is -2.03. The van der Waals surface area contributed by atoms with Crippen molar-refractivity contribution in [2.45, 2.75) is 6.54 Å². The van der Waals surface area contributed by atoms with E-state index in [9.17, 15) is 9.59 Å². The molecule has 0 atom stereocenters. The van der Waals surface area contributed by atoms with E-state index < -0.39 is 5.91 Å². The first-order chi connectivity index (χ1) is 13.6. The lowest BCUT2D eigenvalue weighted by molar-refractivity contribution is -0.120. The summed E-state index contributed by atoms with van der Waals surface area (Å²) in [6, 6.07) is 18.4. The summed E-state index contributed by atoms with van der Waals surface area (Å²) in [7, 11) is 0. The van der Waals surface area contributed by atoms with E-state index in [0.717, 1.165) is 16.8 Å². The summed E-state index contributed by atoms with van der Waals surface area (Å²) in [6.45, 7) is 0.0636. The predicted octanol–water partition coefficient (Wildman–Crippen LogP) is 2.54. The van der Waals surface area contributed by atoms with Gasteiger partial charge in [-0.1, -0.05) is 47.6 Å². The Balaban J connectivity index is 1.49. The van der Waals surface area contributed by atoms with Crippen LogP contribution in [0.2, 0.25) is 0 Å². The maximum absolute atomic E-state index is 12.0. The van der Waals surface area contributed by atoms with Crippen LogP contribution < -0.4 is 15.8 Å². The summed E-state index contributed by atoms with van der Waals surface area (Å²) >= 11 is 0. The number of primary amides is 1. The number of nitrogens with two attached hydrogens (primary N) is 1. The molecule has 7 heteroatoms. The zero-order valence-electron chi connectivity index (χ0n) is 15.0. The standard InChI is InChI=1S/C21H19N3O4/c22-20(25)14-27-17-9-6-15(7-10-17)8-11-21(26)23-13-18-12-19(24-28-18)16-4-2-1-3-5-16/h1-12H,13-14H2,(H2,22,25)(H,23,26)/b11-8-. The van der Waals surface area contributed by atoms with Gasteiger partial charge in [0.25, 0.3) is 5.91 Å². The minimum absolute atomic E-state index is 0.175. The lowest BCUT2D eigenvalue weighted by atomic mass is 10.1. The van der Waals surface area contributed by atoms with E-state index in [-0.39, 0.29) is 19.1 Å². The highest BCUT2D eigenvalue weighted by Crippen LogP contribution is 2.18. The average Bonchev–Trinajstić information content (AvgIpc) is 3.20. The van der Waals surface area contributed by atoms with Crippen molar-refractivity contribution in [2.24, 2.45) is 5.73 Å². The van der Waals surface area contributed by atoms with Crippen LogP contribution in [0.15, 0.2) is 71.3 Å². The fourth-order valence-corrected chi connectivity index (χ4v) is 2.38. The molecular formula is C21H19N3O4.